The molecule has 70 valence electrons. The highest BCUT2D eigenvalue weighted by Gasteiger charge is 2.27. The van der Waals surface area contributed by atoms with Gasteiger partial charge in [0.05, 0.1) is 10.6 Å². The van der Waals surface area contributed by atoms with Crippen LogP contribution in [0.4, 0.5) is 5.95 Å². The molecular formula is C8H10BrN3O. The zero-order valence-corrected chi connectivity index (χ0v) is 8.53. The molecule has 4 nitrogen and oxygen atoms in total. The van der Waals surface area contributed by atoms with E-state index < -0.39 is 0 Å². The highest BCUT2D eigenvalue weighted by atomic mass is 79.9. The van der Waals surface area contributed by atoms with E-state index in [2.05, 4.69) is 31.2 Å². The largest absolute Gasteiger partial charge is 0.393 e. The van der Waals surface area contributed by atoms with Gasteiger partial charge in [-0.25, -0.2) is 9.97 Å². The van der Waals surface area contributed by atoms with Crippen LogP contribution in [0.25, 0.3) is 0 Å². The SMILES string of the molecule is OC1CC(Nc2ncc(Br)cn2)C1. The molecule has 0 radical (unpaired) electrons. The van der Waals surface area contributed by atoms with Crippen LogP contribution in [-0.4, -0.2) is 27.2 Å². The molecule has 5 heteroatoms. The average Bonchev–Trinajstić information content (AvgIpc) is 2.06. The van der Waals surface area contributed by atoms with Crippen LogP contribution in [0.2, 0.25) is 0 Å². The third-order valence-electron chi connectivity index (χ3n) is 2.07. The third kappa shape index (κ3) is 2.16. The van der Waals surface area contributed by atoms with Gasteiger partial charge < -0.3 is 10.4 Å². The number of aliphatic hydroxyl groups excluding tert-OH is 1. The Morgan fingerprint density at radius 2 is 2.00 bits per heavy atom. The fourth-order valence-corrected chi connectivity index (χ4v) is 1.48. The lowest BCUT2D eigenvalue weighted by Gasteiger charge is -2.31. The standard InChI is InChI=1S/C8H10BrN3O/c9-5-3-10-8(11-4-5)12-6-1-7(13)2-6/h3-4,6-7,13H,1-2H2,(H,10,11,12). The molecule has 0 saturated heterocycles. The number of halogens is 1. The van der Waals surface area contributed by atoms with Crippen LogP contribution in [0.1, 0.15) is 12.8 Å². The second kappa shape index (κ2) is 3.59. The maximum atomic E-state index is 9.05. The summed E-state index contributed by atoms with van der Waals surface area (Å²) in [6.07, 6.45) is 4.83. The molecular weight excluding hydrogens is 234 g/mol. The molecule has 0 atom stereocenters. The summed E-state index contributed by atoms with van der Waals surface area (Å²) in [6.45, 7) is 0. The zero-order chi connectivity index (χ0) is 9.26. The number of anilines is 1. The van der Waals surface area contributed by atoms with E-state index in [1.807, 2.05) is 0 Å². The summed E-state index contributed by atoms with van der Waals surface area (Å²) in [4.78, 5) is 8.15. The predicted octanol–water partition coefficient (Wildman–Crippen LogP) is 1.17. The molecule has 2 N–H and O–H groups in total. The first kappa shape index (κ1) is 8.90. The minimum Gasteiger partial charge on any atom is -0.393 e. The number of nitrogens with zero attached hydrogens (tertiary/aromatic N) is 2. The van der Waals surface area contributed by atoms with Gasteiger partial charge >= 0.3 is 0 Å². The normalized spacial score (nSPS) is 26.6. The van der Waals surface area contributed by atoms with E-state index in [4.69, 9.17) is 5.11 Å². The average molecular weight is 244 g/mol. The van der Waals surface area contributed by atoms with Gasteiger partial charge in [0.15, 0.2) is 0 Å². The quantitative estimate of drug-likeness (QED) is 0.819. The zero-order valence-electron chi connectivity index (χ0n) is 6.94. The fraction of sp³-hybridized carbons (Fsp3) is 0.500. The summed E-state index contributed by atoms with van der Waals surface area (Å²) < 4.78 is 0.867. The number of nitrogens with one attached hydrogen (secondary N) is 1. The van der Waals surface area contributed by atoms with E-state index in [9.17, 15) is 0 Å². The van der Waals surface area contributed by atoms with Gasteiger partial charge in [0.1, 0.15) is 0 Å². The molecule has 13 heavy (non-hydrogen) atoms. The van der Waals surface area contributed by atoms with Crippen molar-refractivity contribution in [3.63, 3.8) is 0 Å². The van der Waals surface area contributed by atoms with Crippen LogP contribution >= 0.6 is 15.9 Å². The molecule has 1 aliphatic carbocycles. The Morgan fingerprint density at radius 1 is 1.38 bits per heavy atom. The molecule has 1 aliphatic rings. The second-order valence-electron chi connectivity index (χ2n) is 3.19. The molecule has 2 rings (SSSR count). The molecule has 0 aromatic carbocycles. The first-order valence-electron chi connectivity index (χ1n) is 4.16. The monoisotopic (exact) mass is 243 g/mol. The maximum absolute atomic E-state index is 9.05. The molecule has 1 fully saturated rings. The number of hydrogen-bond donors (Lipinski definition) is 2. The van der Waals surface area contributed by atoms with Gasteiger partial charge in [-0.1, -0.05) is 0 Å². The number of hydrogen-bond acceptors (Lipinski definition) is 4. The molecule has 0 aliphatic heterocycles. The van der Waals surface area contributed by atoms with Crippen LogP contribution in [0.15, 0.2) is 16.9 Å². The van der Waals surface area contributed by atoms with Crippen molar-refractivity contribution in [1.29, 1.82) is 0 Å². The van der Waals surface area contributed by atoms with Crippen molar-refractivity contribution < 1.29 is 5.11 Å². The molecule has 1 aromatic rings. The molecule has 1 aromatic heterocycles. The summed E-state index contributed by atoms with van der Waals surface area (Å²) in [5.41, 5.74) is 0. The van der Waals surface area contributed by atoms with Crippen LogP contribution < -0.4 is 5.32 Å². The Morgan fingerprint density at radius 3 is 2.54 bits per heavy atom. The van der Waals surface area contributed by atoms with E-state index in [0.717, 1.165) is 17.3 Å². The van der Waals surface area contributed by atoms with Crippen molar-refractivity contribution in [1.82, 2.24) is 9.97 Å². The Labute approximate surface area is 84.5 Å². The van der Waals surface area contributed by atoms with Crippen molar-refractivity contribution >= 4 is 21.9 Å². The Bertz CT molecular complexity index is 284. The van der Waals surface area contributed by atoms with Crippen LogP contribution in [0, 0.1) is 0 Å². The van der Waals surface area contributed by atoms with E-state index in [1.54, 1.807) is 12.4 Å². The lowest BCUT2D eigenvalue weighted by Crippen LogP contribution is -2.39. The lowest BCUT2D eigenvalue weighted by molar-refractivity contribution is 0.0834. The van der Waals surface area contributed by atoms with Crippen LogP contribution in [0.5, 0.6) is 0 Å². The van der Waals surface area contributed by atoms with Crippen LogP contribution in [0.3, 0.4) is 0 Å². The summed E-state index contributed by atoms with van der Waals surface area (Å²) in [5, 5.41) is 12.2. The molecule has 0 spiro atoms. The highest BCUT2D eigenvalue weighted by molar-refractivity contribution is 9.10. The summed E-state index contributed by atoms with van der Waals surface area (Å²) >= 11 is 3.26. The number of rotatable bonds is 2. The molecule has 0 unspecified atom stereocenters. The van der Waals surface area contributed by atoms with Gasteiger partial charge in [0.25, 0.3) is 0 Å². The minimum absolute atomic E-state index is 0.145. The lowest BCUT2D eigenvalue weighted by atomic mass is 9.90. The van der Waals surface area contributed by atoms with E-state index in [0.29, 0.717) is 12.0 Å². The van der Waals surface area contributed by atoms with Gasteiger partial charge in [-0.05, 0) is 28.8 Å². The first-order chi connectivity index (χ1) is 6.24. The first-order valence-corrected chi connectivity index (χ1v) is 4.95. The van der Waals surface area contributed by atoms with Crippen molar-refractivity contribution in [3.8, 4) is 0 Å². The Hall–Kier alpha value is -0.680. The molecule has 1 saturated carbocycles. The molecule has 1 heterocycles. The minimum atomic E-state index is -0.145. The fourth-order valence-electron chi connectivity index (χ4n) is 1.28. The second-order valence-corrected chi connectivity index (χ2v) is 4.11. The summed E-state index contributed by atoms with van der Waals surface area (Å²) in [6, 6.07) is 0.330. The summed E-state index contributed by atoms with van der Waals surface area (Å²) in [5.74, 6) is 0.625. The van der Waals surface area contributed by atoms with Gasteiger partial charge in [0, 0.05) is 18.4 Å². The van der Waals surface area contributed by atoms with Gasteiger partial charge in [-0.3, -0.25) is 0 Å². The van der Waals surface area contributed by atoms with Crippen molar-refractivity contribution in [2.75, 3.05) is 5.32 Å². The number of aromatic nitrogens is 2. The van der Waals surface area contributed by atoms with Crippen molar-refractivity contribution in [2.45, 2.75) is 25.0 Å². The predicted molar refractivity (Wildman–Crippen MR) is 52.4 cm³/mol. The van der Waals surface area contributed by atoms with E-state index >= 15 is 0 Å². The number of aliphatic hydroxyl groups is 1. The van der Waals surface area contributed by atoms with Gasteiger partial charge in [-0.2, -0.15) is 0 Å². The van der Waals surface area contributed by atoms with E-state index in [-0.39, 0.29) is 6.10 Å². The van der Waals surface area contributed by atoms with Crippen molar-refractivity contribution in [2.24, 2.45) is 0 Å². The van der Waals surface area contributed by atoms with Crippen molar-refractivity contribution in [3.05, 3.63) is 16.9 Å². The topological polar surface area (TPSA) is 58.0 Å². The van der Waals surface area contributed by atoms with Gasteiger partial charge in [-0.15, -0.1) is 0 Å². The van der Waals surface area contributed by atoms with E-state index in [1.165, 1.54) is 0 Å². The summed E-state index contributed by atoms with van der Waals surface area (Å²) in [7, 11) is 0. The Balaban J connectivity index is 1.91. The van der Waals surface area contributed by atoms with Gasteiger partial charge in [0.2, 0.25) is 5.95 Å². The smallest absolute Gasteiger partial charge is 0.222 e. The molecule has 0 bridgehead atoms. The third-order valence-corrected chi connectivity index (χ3v) is 2.48. The molecule has 0 amide bonds. The maximum Gasteiger partial charge on any atom is 0.222 e. The van der Waals surface area contributed by atoms with Crippen LogP contribution in [-0.2, 0) is 0 Å². The Kier molecular flexibility index (Phi) is 2.46. The highest BCUT2D eigenvalue weighted by Crippen LogP contribution is 2.22.